The summed E-state index contributed by atoms with van der Waals surface area (Å²) in [6, 6.07) is 2.93. The fourth-order valence-corrected chi connectivity index (χ4v) is 6.02. The summed E-state index contributed by atoms with van der Waals surface area (Å²) in [4.78, 5) is 39.2. The van der Waals surface area contributed by atoms with Gasteiger partial charge in [-0.2, -0.15) is 0 Å². The van der Waals surface area contributed by atoms with E-state index in [0.29, 0.717) is 22.4 Å². The number of benzene rings is 1. The monoisotopic (exact) mass is 632 g/mol. The molecule has 1 aromatic carbocycles. The van der Waals surface area contributed by atoms with Gasteiger partial charge in [0.05, 0.1) is 18.9 Å². The lowest BCUT2D eigenvalue weighted by molar-refractivity contribution is -0.758. The van der Waals surface area contributed by atoms with Gasteiger partial charge in [-0.3, -0.25) is 4.79 Å². The summed E-state index contributed by atoms with van der Waals surface area (Å²) in [5.74, 6) is -0.870. The largest absolute Gasteiger partial charge is 0.513 e. The summed E-state index contributed by atoms with van der Waals surface area (Å²) in [7, 11) is -4.27. The third kappa shape index (κ3) is 8.06. The number of sulfonamides is 1. The lowest BCUT2D eigenvalue weighted by Crippen LogP contribution is -2.20. The van der Waals surface area contributed by atoms with E-state index in [1.54, 1.807) is 26.8 Å². The second-order valence-electron chi connectivity index (χ2n) is 8.29. The van der Waals surface area contributed by atoms with Crippen LogP contribution in [0.4, 0.5) is 16.4 Å². The second kappa shape index (κ2) is 13.6. The van der Waals surface area contributed by atoms with Crippen molar-refractivity contribution in [2.75, 3.05) is 36.5 Å². The molecular formula is C23H25ClN4O11S2. The van der Waals surface area contributed by atoms with Crippen molar-refractivity contribution < 1.29 is 46.7 Å². The van der Waals surface area contributed by atoms with Crippen LogP contribution in [0.1, 0.15) is 32.1 Å². The molecule has 0 saturated carbocycles. The standard InChI is InChI=1S/C23H25ClN4O11S2/c1-12-11-13(2)19(38-23(30)36-8-6-35-7-9-37-28(31)32)14(3)18(12)25-21(29)20-16(5-10-40-20)41(33,34)27-22-17(24)15(4)26-39-22/h5,10-11,27H,6-9H2,1-4H3,(H,25,29). The summed E-state index contributed by atoms with van der Waals surface area (Å²) in [6.07, 6.45) is -1.04. The molecule has 15 nitrogen and oxygen atoms in total. The molecular weight excluding hydrogens is 608 g/mol. The van der Waals surface area contributed by atoms with Crippen LogP contribution in [0.2, 0.25) is 5.02 Å². The van der Waals surface area contributed by atoms with Gasteiger partial charge in [0.1, 0.15) is 39.5 Å². The number of hydrogen-bond acceptors (Lipinski definition) is 13. The number of anilines is 2. The van der Waals surface area contributed by atoms with Crippen molar-refractivity contribution in [1.29, 1.82) is 0 Å². The molecule has 2 N–H and O–H groups in total. The van der Waals surface area contributed by atoms with E-state index in [1.807, 2.05) is 0 Å². The van der Waals surface area contributed by atoms with Gasteiger partial charge in [-0.1, -0.05) is 22.8 Å². The first-order valence-electron chi connectivity index (χ1n) is 11.7. The Morgan fingerprint density at radius 1 is 1.15 bits per heavy atom. The average Bonchev–Trinajstić information content (AvgIpc) is 3.52. The SMILES string of the molecule is Cc1cc(C)c(OC(=O)OCCOCCO[N+](=O)[O-])c(C)c1NC(=O)c1sccc1S(=O)(=O)Nc1onc(C)c1Cl. The third-order valence-corrected chi connectivity index (χ3v) is 8.20. The zero-order valence-corrected chi connectivity index (χ0v) is 24.5. The minimum Gasteiger partial charge on any atom is -0.432 e. The summed E-state index contributed by atoms with van der Waals surface area (Å²) >= 11 is 6.91. The van der Waals surface area contributed by atoms with E-state index in [4.69, 9.17) is 30.3 Å². The van der Waals surface area contributed by atoms with Gasteiger partial charge in [-0.15, -0.1) is 21.5 Å². The number of aryl methyl sites for hydroxylation is 3. The fraction of sp³-hybridized carbons (Fsp3) is 0.348. The van der Waals surface area contributed by atoms with Crippen molar-refractivity contribution in [3.05, 3.63) is 59.9 Å². The van der Waals surface area contributed by atoms with Crippen LogP contribution in [-0.2, 0) is 24.3 Å². The van der Waals surface area contributed by atoms with E-state index in [1.165, 1.54) is 18.4 Å². The molecule has 3 aromatic rings. The van der Waals surface area contributed by atoms with E-state index in [-0.39, 0.29) is 58.6 Å². The summed E-state index contributed by atoms with van der Waals surface area (Å²) in [5.41, 5.74) is 2.18. The number of rotatable bonds is 13. The first kappa shape index (κ1) is 31.6. The number of amides is 1. The van der Waals surface area contributed by atoms with Gasteiger partial charge in [0.25, 0.3) is 26.9 Å². The third-order valence-electron chi connectivity index (χ3n) is 5.34. The number of carbonyl (C=O) groups excluding carboxylic acids is 2. The van der Waals surface area contributed by atoms with Crippen molar-refractivity contribution in [3.8, 4) is 5.75 Å². The van der Waals surface area contributed by atoms with Crippen molar-refractivity contribution in [1.82, 2.24) is 5.16 Å². The van der Waals surface area contributed by atoms with Gasteiger partial charge in [-0.05, 0) is 50.3 Å². The molecule has 0 aliphatic carbocycles. The predicted octanol–water partition coefficient (Wildman–Crippen LogP) is 4.42. The average molecular weight is 633 g/mol. The Morgan fingerprint density at radius 2 is 1.85 bits per heavy atom. The molecule has 3 rings (SSSR count). The quantitative estimate of drug-likeness (QED) is 0.0885. The van der Waals surface area contributed by atoms with E-state index < -0.39 is 27.2 Å². The van der Waals surface area contributed by atoms with Crippen molar-refractivity contribution in [2.45, 2.75) is 32.6 Å². The maximum atomic E-state index is 13.2. The minimum absolute atomic E-state index is 0.0124. The molecule has 41 heavy (non-hydrogen) atoms. The highest BCUT2D eigenvalue weighted by atomic mass is 35.5. The maximum absolute atomic E-state index is 13.2. The number of halogens is 1. The molecule has 18 heteroatoms. The lowest BCUT2D eigenvalue weighted by Gasteiger charge is -2.17. The van der Waals surface area contributed by atoms with Crippen LogP contribution in [0.3, 0.4) is 0 Å². The lowest BCUT2D eigenvalue weighted by atomic mass is 10.0. The zero-order chi connectivity index (χ0) is 30.3. The summed E-state index contributed by atoms with van der Waals surface area (Å²) in [6.45, 7) is 5.98. The number of nitrogens with zero attached hydrogens (tertiary/aromatic N) is 2. The highest BCUT2D eigenvalue weighted by Gasteiger charge is 2.28. The van der Waals surface area contributed by atoms with Crippen LogP contribution in [0.25, 0.3) is 0 Å². The second-order valence-corrected chi connectivity index (χ2v) is 11.2. The Balaban J connectivity index is 1.70. The minimum atomic E-state index is -4.27. The summed E-state index contributed by atoms with van der Waals surface area (Å²) in [5, 5.41) is 16.9. The normalized spacial score (nSPS) is 11.1. The number of thiophene rings is 1. The van der Waals surface area contributed by atoms with E-state index in [9.17, 15) is 28.1 Å². The van der Waals surface area contributed by atoms with Crippen LogP contribution in [0, 0.1) is 37.8 Å². The molecule has 2 heterocycles. The van der Waals surface area contributed by atoms with Crippen molar-refractivity contribution >= 4 is 56.6 Å². The summed E-state index contributed by atoms with van der Waals surface area (Å²) < 4.78 is 48.5. The number of ether oxygens (including phenoxy) is 3. The smallest absolute Gasteiger partial charge is 0.432 e. The van der Waals surface area contributed by atoms with Crippen LogP contribution in [0.15, 0.2) is 26.9 Å². The fourth-order valence-electron chi connectivity index (χ4n) is 3.53. The molecule has 2 aromatic heterocycles. The molecule has 0 atom stereocenters. The molecule has 0 aliphatic rings. The molecule has 0 radical (unpaired) electrons. The van der Waals surface area contributed by atoms with E-state index in [2.05, 4.69) is 20.0 Å². The Hall–Kier alpha value is -3.93. The highest BCUT2D eigenvalue weighted by molar-refractivity contribution is 7.93. The molecule has 1 amide bonds. The molecule has 0 spiro atoms. The molecule has 0 unspecified atom stereocenters. The first-order valence-corrected chi connectivity index (χ1v) is 14.4. The first-order chi connectivity index (χ1) is 19.3. The number of aromatic nitrogens is 1. The van der Waals surface area contributed by atoms with E-state index >= 15 is 0 Å². The van der Waals surface area contributed by atoms with Gasteiger partial charge < -0.3 is 28.9 Å². The van der Waals surface area contributed by atoms with Crippen LogP contribution in [0.5, 0.6) is 5.75 Å². The maximum Gasteiger partial charge on any atom is 0.513 e. The van der Waals surface area contributed by atoms with Gasteiger partial charge in [-0.25, -0.2) is 17.9 Å². The number of hydrogen-bond donors (Lipinski definition) is 2. The molecule has 0 bridgehead atoms. The highest BCUT2D eigenvalue weighted by Crippen LogP contribution is 2.35. The van der Waals surface area contributed by atoms with Crippen molar-refractivity contribution in [3.63, 3.8) is 0 Å². The molecule has 0 fully saturated rings. The van der Waals surface area contributed by atoms with Gasteiger partial charge >= 0.3 is 6.16 Å². The van der Waals surface area contributed by atoms with Gasteiger partial charge in [0, 0.05) is 5.56 Å². The number of carbonyl (C=O) groups is 2. The van der Waals surface area contributed by atoms with Crippen molar-refractivity contribution in [2.24, 2.45) is 0 Å². The Bertz CT molecular complexity index is 1550. The van der Waals surface area contributed by atoms with E-state index in [0.717, 1.165) is 11.3 Å². The molecule has 0 aliphatic heterocycles. The Morgan fingerprint density at radius 3 is 2.51 bits per heavy atom. The van der Waals surface area contributed by atoms with Crippen LogP contribution < -0.4 is 14.8 Å². The zero-order valence-electron chi connectivity index (χ0n) is 22.1. The van der Waals surface area contributed by atoms with Gasteiger partial charge in [0.2, 0.25) is 0 Å². The Kier molecular flexibility index (Phi) is 10.5. The molecule has 222 valence electrons. The predicted molar refractivity (Wildman–Crippen MR) is 146 cm³/mol. The molecule has 0 saturated heterocycles. The van der Waals surface area contributed by atoms with Crippen LogP contribution >= 0.6 is 22.9 Å². The Labute approximate surface area is 242 Å². The van der Waals surface area contributed by atoms with Gasteiger partial charge in [0.15, 0.2) is 0 Å². The van der Waals surface area contributed by atoms with Crippen LogP contribution in [-0.4, -0.2) is 57.2 Å². The topological polar surface area (TPSA) is 198 Å². The number of nitrogens with one attached hydrogen (secondary N) is 2.